The van der Waals surface area contributed by atoms with Crippen LogP contribution in [-0.4, -0.2) is 52.6 Å². The summed E-state index contributed by atoms with van der Waals surface area (Å²) in [5.74, 6) is -1.51. The third-order valence-electron chi connectivity index (χ3n) is 4.54. The number of hydrogen-bond donors (Lipinski definition) is 2. The van der Waals surface area contributed by atoms with E-state index in [1.54, 1.807) is 0 Å². The fraction of sp³-hybridized carbons (Fsp3) is 0.348. The van der Waals surface area contributed by atoms with Gasteiger partial charge in [-0.25, -0.2) is 13.2 Å². The molecule has 184 valence electrons. The number of ether oxygens (including phenoxy) is 3. The molecule has 0 unspecified atom stereocenters. The molecule has 0 aliphatic rings. The number of amides is 1. The van der Waals surface area contributed by atoms with Crippen LogP contribution in [0.3, 0.4) is 0 Å². The van der Waals surface area contributed by atoms with Gasteiger partial charge in [-0.3, -0.25) is 9.59 Å². The highest BCUT2D eigenvalue weighted by atomic mass is 32.2. The number of sulfonamides is 1. The van der Waals surface area contributed by atoms with Crippen LogP contribution >= 0.6 is 0 Å². The summed E-state index contributed by atoms with van der Waals surface area (Å²) < 4.78 is 42.0. The minimum atomic E-state index is -3.98. The summed E-state index contributed by atoms with van der Waals surface area (Å²) in [5.41, 5.74) is 0.734. The normalized spacial score (nSPS) is 11.9. The maximum atomic E-state index is 12.4. The van der Waals surface area contributed by atoms with Gasteiger partial charge in [-0.2, -0.15) is 4.72 Å². The molecule has 0 bridgehead atoms. The lowest BCUT2D eigenvalue weighted by Gasteiger charge is -2.14. The summed E-state index contributed by atoms with van der Waals surface area (Å²) >= 11 is 0. The highest BCUT2D eigenvalue weighted by Gasteiger charge is 2.24. The van der Waals surface area contributed by atoms with E-state index in [9.17, 15) is 22.8 Å². The summed E-state index contributed by atoms with van der Waals surface area (Å²) in [6.45, 7) is 3.02. The Kier molecular flexibility index (Phi) is 10.0. The first kappa shape index (κ1) is 26.8. The molecular formula is C23H28N2O8S. The Morgan fingerprint density at radius 1 is 0.971 bits per heavy atom. The minimum absolute atomic E-state index is 0.0524. The molecule has 2 N–H and O–H groups in total. The number of unbranched alkanes of at least 4 members (excludes halogenated alkanes) is 1. The van der Waals surface area contributed by atoms with E-state index in [-0.39, 0.29) is 4.90 Å². The average molecular weight is 493 g/mol. The quantitative estimate of drug-likeness (QED) is 0.341. The van der Waals surface area contributed by atoms with Crippen LogP contribution in [0, 0.1) is 0 Å². The van der Waals surface area contributed by atoms with Gasteiger partial charge in [0.15, 0.2) is 6.61 Å². The van der Waals surface area contributed by atoms with Crippen molar-refractivity contribution in [3.05, 3.63) is 54.1 Å². The third-order valence-corrected chi connectivity index (χ3v) is 6.09. The Labute approximate surface area is 198 Å². The Morgan fingerprint density at radius 3 is 2.21 bits per heavy atom. The van der Waals surface area contributed by atoms with Gasteiger partial charge in [0.1, 0.15) is 11.8 Å². The Bertz CT molecular complexity index is 1080. The molecule has 0 saturated heterocycles. The molecular weight excluding hydrogens is 464 g/mol. The second kappa shape index (κ2) is 12.7. The first-order chi connectivity index (χ1) is 16.2. The summed E-state index contributed by atoms with van der Waals surface area (Å²) in [5, 5.41) is 2.52. The first-order valence-corrected chi connectivity index (χ1v) is 12.0. The molecule has 1 amide bonds. The lowest BCUT2D eigenvalue weighted by molar-refractivity contribution is -0.148. The number of nitrogens with one attached hydrogen (secondary N) is 2. The topological polar surface area (TPSA) is 137 Å². The molecule has 0 aromatic heterocycles. The minimum Gasteiger partial charge on any atom is -0.497 e. The highest BCUT2D eigenvalue weighted by molar-refractivity contribution is 7.89. The van der Waals surface area contributed by atoms with Gasteiger partial charge in [0.05, 0.1) is 24.2 Å². The molecule has 2 rings (SSSR count). The molecule has 0 spiro atoms. The standard InChI is InChI=1S/C23H28N2O8S/c1-4-5-14-32-23(28)17-6-8-18(9-7-17)24-21(26)15-33-22(27)16(2)25-34(29,30)20-12-10-19(31-3)11-13-20/h6-13,16,25H,4-5,14-15H2,1-3H3,(H,24,26)/t16-/m0/s1. The van der Waals surface area contributed by atoms with Gasteiger partial charge in [-0.05, 0) is 61.9 Å². The van der Waals surface area contributed by atoms with Crippen molar-refractivity contribution in [3.8, 4) is 5.75 Å². The molecule has 10 nitrogen and oxygen atoms in total. The molecule has 2 aromatic rings. The van der Waals surface area contributed by atoms with Gasteiger partial charge in [0.2, 0.25) is 10.0 Å². The van der Waals surface area contributed by atoms with Gasteiger partial charge < -0.3 is 19.5 Å². The van der Waals surface area contributed by atoms with Gasteiger partial charge in [-0.15, -0.1) is 0 Å². The van der Waals surface area contributed by atoms with Crippen LogP contribution in [0.2, 0.25) is 0 Å². The van der Waals surface area contributed by atoms with Crippen LogP contribution in [0.4, 0.5) is 5.69 Å². The van der Waals surface area contributed by atoms with Crippen molar-refractivity contribution >= 4 is 33.6 Å². The predicted molar refractivity (Wildman–Crippen MR) is 124 cm³/mol. The van der Waals surface area contributed by atoms with Crippen LogP contribution in [0.5, 0.6) is 5.75 Å². The third kappa shape index (κ3) is 8.16. The number of methoxy groups -OCH3 is 1. The van der Waals surface area contributed by atoms with Crippen molar-refractivity contribution in [2.75, 3.05) is 25.6 Å². The average Bonchev–Trinajstić information content (AvgIpc) is 2.82. The maximum absolute atomic E-state index is 12.4. The van der Waals surface area contributed by atoms with Crippen LogP contribution < -0.4 is 14.8 Å². The van der Waals surface area contributed by atoms with Crippen molar-refractivity contribution in [2.24, 2.45) is 0 Å². The van der Waals surface area contributed by atoms with Crippen molar-refractivity contribution in [3.63, 3.8) is 0 Å². The molecule has 34 heavy (non-hydrogen) atoms. The van der Waals surface area contributed by atoms with E-state index in [0.29, 0.717) is 23.6 Å². The number of carbonyl (C=O) groups is 3. The Balaban J connectivity index is 1.82. The van der Waals surface area contributed by atoms with Gasteiger partial charge in [-0.1, -0.05) is 13.3 Å². The SMILES string of the molecule is CCCCOC(=O)c1ccc(NC(=O)COC(=O)[C@H](C)NS(=O)(=O)c2ccc(OC)cc2)cc1. The number of hydrogen-bond acceptors (Lipinski definition) is 8. The Hall–Kier alpha value is -3.44. The second-order valence-electron chi connectivity index (χ2n) is 7.24. The predicted octanol–water partition coefficient (Wildman–Crippen LogP) is 2.50. The van der Waals surface area contributed by atoms with Crippen molar-refractivity contribution in [2.45, 2.75) is 37.6 Å². The molecule has 0 aliphatic heterocycles. The zero-order valence-electron chi connectivity index (χ0n) is 19.2. The number of esters is 2. The summed E-state index contributed by atoms with van der Waals surface area (Å²) in [6, 6.07) is 10.4. The molecule has 1 atom stereocenters. The summed E-state index contributed by atoms with van der Waals surface area (Å²) in [4.78, 5) is 36.0. The molecule has 0 aliphatic carbocycles. The first-order valence-electron chi connectivity index (χ1n) is 10.6. The number of rotatable bonds is 12. The second-order valence-corrected chi connectivity index (χ2v) is 8.96. The van der Waals surface area contributed by atoms with E-state index >= 15 is 0 Å². The van der Waals surface area contributed by atoms with Crippen molar-refractivity contribution < 1.29 is 37.0 Å². The summed E-state index contributed by atoms with van der Waals surface area (Å²) in [6.07, 6.45) is 1.69. The fourth-order valence-electron chi connectivity index (χ4n) is 2.64. The van der Waals surface area contributed by atoms with E-state index in [1.165, 1.54) is 62.6 Å². The van der Waals surface area contributed by atoms with Crippen molar-refractivity contribution in [1.29, 1.82) is 0 Å². The molecule has 11 heteroatoms. The van der Waals surface area contributed by atoms with Crippen LogP contribution in [0.1, 0.15) is 37.0 Å². The van der Waals surface area contributed by atoms with Gasteiger partial charge in [0.25, 0.3) is 5.91 Å². The highest BCUT2D eigenvalue weighted by Crippen LogP contribution is 2.16. The molecule has 0 fully saturated rings. The molecule has 0 radical (unpaired) electrons. The van der Waals surface area contributed by atoms with Gasteiger partial charge >= 0.3 is 11.9 Å². The fourth-order valence-corrected chi connectivity index (χ4v) is 3.84. The van der Waals surface area contributed by atoms with E-state index in [2.05, 4.69) is 10.0 Å². The monoisotopic (exact) mass is 492 g/mol. The molecule has 2 aromatic carbocycles. The van der Waals surface area contributed by atoms with E-state index in [1.807, 2.05) is 6.92 Å². The van der Waals surface area contributed by atoms with Crippen LogP contribution in [0.15, 0.2) is 53.4 Å². The summed E-state index contributed by atoms with van der Waals surface area (Å²) in [7, 11) is -2.53. The van der Waals surface area contributed by atoms with E-state index in [0.717, 1.165) is 12.8 Å². The maximum Gasteiger partial charge on any atom is 0.338 e. The lowest BCUT2D eigenvalue weighted by atomic mass is 10.2. The lowest BCUT2D eigenvalue weighted by Crippen LogP contribution is -2.40. The number of benzene rings is 2. The van der Waals surface area contributed by atoms with E-state index in [4.69, 9.17) is 14.2 Å². The number of anilines is 1. The number of carbonyl (C=O) groups excluding carboxylic acids is 3. The smallest absolute Gasteiger partial charge is 0.338 e. The zero-order chi connectivity index (χ0) is 25.1. The van der Waals surface area contributed by atoms with Gasteiger partial charge in [0, 0.05) is 5.69 Å². The molecule has 0 saturated carbocycles. The van der Waals surface area contributed by atoms with Crippen LogP contribution in [-0.2, 0) is 29.1 Å². The molecule has 0 heterocycles. The largest absolute Gasteiger partial charge is 0.497 e. The zero-order valence-corrected chi connectivity index (χ0v) is 20.0. The Morgan fingerprint density at radius 2 is 1.62 bits per heavy atom. The van der Waals surface area contributed by atoms with Crippen molar-refractivity contribution in [1.82, 2.24) is 4.72 Å². The van der Waals surface area contributed by atoms with E-state index < -0.39 is 40.5 Å². The van der Waals surface area contributed by atoms with Crippen LogP contribution in [0.25, 0.3) is 0 Å².